The van der Waals surface area contributed by atoms with Gasteiger partial charge < -0.3 is 24.3 Å². The van der Waals surface area contributed by atoms with Gasteiger partial charge in [-0.25, -0.2) is 0 Å². The summed E-state index contributed by atoms with van der Waals surface area (Å²) >= 11 is 0. The quantitative estimate of drug-likeness (QED) is 0.150. The van der Waals surface area contributed by atoms with Crippen LogP contribution in [-0.2, 0) is 18.0 Å². The highest BCUT2D eigenvalue weighted by Gasteiger charge is 2.13. The summed E-state index contributed by atoms with van der Waals surface area (Å²) in [6.45, 7) is 4.97. The minimum atomic E-state index is -0.486. The van der Waals surface area contributed by atoms with Gasteiger partial charge in [0.1, 0.15) is 24.9 Å². The molecule has 7 nitrogen and oxygen atoms in total. The number of carbonyl (C=O) groups is 1. The van der Waals surface area contributed by atoms with Crippen molar-refractivity contribution in [1.82, 2.24) is 0 Å². The second-order valence-electron chi connectivity index (χ2n) is 9.18. The highest BCUT2D eigenvalue weighted by Crippen LogP contribution is 2.32. The van der Waals surface area contributed by atoms with Crippen molar-refractivity contribution in [3.8, 4) is 29.1 Å². The number of ether oxygens (including phenoxy) is 4. The van der Waals surface area contributed by atoms with Crippen LogP contribution < -0.4 is 24.3 Å². The molecule has 0 atom stereocenters. The van der Waals surface area contributed by atoms with E-state index in [1.165, 1.54) is 6.08 Å². The van der Waals surface area contributed by atoms with E-state index in [4.69, 9.17) is 18.9 Å². The molecule has 7 heteroatoms. The number of nitriles is 1. The van der Waals surface area contributed by atoms with E-state index >= 15 is 0 Å². The van der Waals surface area contributed by atoms with Crippen LogP contribution in [0.15, 0.2) is 96.6 Å². The lowest BCUT2D eigenvalue weighted by molar-refractivity contribution is -0.112. The summed E-state index contributed by atoms with van der Waals surface area (Å²) in [5.74, 6) is 1.81. The number of nitrogens with zero attached hydrogens (tertiary/aromatic N) is 1. The van der Waals surface area contributed by atoms with Crippen LogP contribution in [-0.4, -0.2) is 19.6 Å². The molecular formula is C34H32N2O5. The smallest absolute Gasteiger partial charge is 0.266 e. The Bertz CT molecular complexity index is 1540. The summed E-state index contributed by atoms with van der Waals surface area (Å²) in [6.07, 6.45) is 1.52. The van der Waals surface area contributed by atoms with Crippen LogP contribution in [0.3, 0.4) is 0 Å². The van der Waals surface area contributed by atoms with Crippen molar-refractivity contribution in [2.24, 2.45) is 0 Å². The maximum Gasteiger partial charge on any atom is 0.266 e. The summed E-state index contributed by atoms with van der Waals surface area (Å²) in [7, 11) is 1.60. The van der Waals surface area contributed by atoms with Crippen molar-refractivity contribution in [1.29, 1.82) is 5.26 Å². The molecule has 4 aromatic carbocycles. The molecule has 0 fully saturated rings. The van der Waals surface area contributed by atoms with Gasteiger partial charge in [-0.15, -0.1) is 0 Å². The predicted molar refractivity (Wildman–Crippen MR) is 159 cm³/mol. The Morgan fingerprint density at radius 3 is 2.17 bits per heavy atom. The van der Waals surface area contributed by atoms with Gasteiger partial charge in [0.15, 0.2) is 23.0 Å². The number of benzene rings is 4. The molecule has 1 N–H and O–H groups in total. The maximum absolute atomic E-state index is 12.7. The molecular weight excluding hydrogens is 516 g/mol. The molecule has 1 amide bonds. The average molecular weight is 549 g/mol. The number of carbonyl (C=O) groups excluding carboxylic acids is 1. The zero-order chi connectivity index (χ0) is 29.0. The lowest BCUT2D eigenvalue weighted by Crippen LogP contribution is -2.13. The number of nitrogens with one attached hydrogen (secondary N) is 1. The fourth-order valence-electron chi connectivity index (χ4n) is 3.97. The first-order chi connectivity index (χ1) is 20.0. The van der Waals surface area contributed by atoms with Crippen LogP contribution in [0.25, 0.3) is 6.08 Å². The van der Waals surface area contributed by atoms with Crippen molar-refractivity contribution in [3.05, 3.63) is 119 Å². The number of amides is 1. The van der Waals surface area contributed by atoms with Gasteiger partial charge >= 0.3 is 0 Å². The standard InChI is InChI=1S/C34H32N2O5/c1-4-39-33-19-26(18-28(21-35)34(37)36-29-14-10-24(2)11-15-29)12-16-31(33)41-23-27-13-17-30(32(20-27)38-3)40-22-25-8-6-5-7-9-25/h5-20H,4,22-23H2,1-3H3,(H,36,37)/b28-18-. The monoisotopic (exact) mass is 548 g/mol. The van der Waals surface area contributed by atoms with Crippen molar-refractivity contribution in [2.75, 3.05) is 19.0 Å². The maximum atomic E-state index is 12.7. The molecule has 4 aromatic rings. The van der Waals surface area contributed by atoms with Gasteiger partial charge in [-0.1, -0.05) is 60.2 Å². The van der Waals surface area contributed by atoms with E-state index in [-0.39, 0.29) is 12.2 Å². The molecule has 0 saturated heterocycles. The lowest BCUT2D eigenvalue weighted by atomic mass is 10.1. The minimum absolute atomic E-state index is 0.0247. The van der Waals surface area contributed by atoms with Gasteiger partial charge in [0.2, 0.25) is 0 Å². The normalized spacial score (nSPS) is 10.8. The van der Waals surface area contributed by atoms with Gasteiger partial charge in [-0.05, 0) is 73.0 Å². The Balaban J connectivity index is 1.44. The molecule has 0 bridgehead atoms. The molecule has 0 saturated carbocycles. The van der Waals surface area contributed by atoms with E-state index in [1.54, 1.807) is 37.4 Å². The third-order valence-electron chi connectivity index (χ3n) is 6.11. The lowest BCUT2D eigenvalue weighted by Gasteiger charge is -2.15. The highest BCUT2D eigenvalue weighted by atomic mass is 16.5. The first-order valence-corrected chi connectivity index (χ1v) is 13.2. The molecule has 0 aliphatic carbocycles. The van der Waals surface area contributed by atoms with Gasteiger partial charge in [0, 0.05) is 5.69 Å². The molecule has 0 aliphatic rings. The number of aryl methyl sites for hydroxylation is 1. The Hall–Kier alpha value is -5.22. The Morgan fingerprint density at radius 1 is 0.805 bits per heavy atom. The number of rotatable bonds is 12. The van der Waals surface area contributed by atoms with Crippen LogP contribution in [0.1, 0.15) is 29.2 Å². The number of hydrogen-bond donors (Lipinski definition) is 1. The van der Waals surface area contributed by atoms with Crippen molar-refractivity contribution >= 4 is 17.7 Å². The molecule has 4 rings (SSSR count). The minimum Gasteiger partial charge on any atom is -0.493 e. The van der Waals surface area contributed by atoms with Crippen molar-refractivity contribution < 1.29 is 23.7 Å². The molecule has 41 heavy (non-hydrogen) atoms. The Morgan fingerprint density at radius 2 is 1.49 bits per heavy atom. The fraction of sp³-hybridized carbons (Fsp3) is 0.176. The first kappa shape index (κ1) is 28.8. The van der Waals surface area contributed by atoms with E-state index in [2.05, 4.69) is 5.32 Å². The highest BCUT2D eigenvalue weighted by molar-refractivity contribution is 6.09. The average Bonchev–Trinajstić information content (AvgIpc) is 3.00. The SMILES string of the molecule is CCOc1cc(/C=C(/C#N)C(=O)Nc2ccc(C)cc2)ccc1OCc1ccc(OCc2ccccc2)c(OC)c1. The fourth-order valence-corrected chi connectivity index (χ4v) is 3.97. The molecule has 0 spiro atoms. The zero-order valence-corrected chi connectivity index (χ0v) is 23.3. The topological polar surface area (TPSA) is 89.8 Å². The molecule has 0 aromatic heterocycles. The summed E-state index contributed by atoms with van der Waals surface area (Å²) < 4.78 is 23.4. The van der Waals surface area contributed by atoms with E-state index in [0.717, 1.165) is 16.7 Å². The predicted octanol–water partition coefficient (Wildman–Crippen LogP) is 7.11. The molecule has 0 aliphatic heterocycles. The van der Waals surface area contributed by atoms with Crippen molar-refractivity contribution in [3.63, 3.8) is 0 Å². The summed E-state index contributed by atoms with van der Waals surface area (Å²) in [5, 5.41) is 12.4. The van der Waals surface area contributed by atoms with Crippen LogP contribution >= 0.6 is 0 Å². The summed E-state index contributed by atoms with van der Waals surface area (Å²) in [6, 6.07) is 30.2. The van der Waals surface area contributed by atoms with Crippen LogP contribution in [0.4, 0.5) is 5.69 Å². The Labute approximate surface area is 240 Å². The third kappa shape index (κ3) is 8.13. The van der Waals surface area contributed by atoms with E-state index in [9.17, 15) is 10.1 Å². The molecule has 0 radical (unpaired) electrons. The van der Waals surface area contributed by atoms with Crippen LogP contribution in [0.5, 0.6) is 23.0 Å². The van der Waals surface area contributed by atoms with E-state index < -0.39 is 5.91 Å². The van der Waals surface area contributed by atoms with Crippen LogP contribution in [0, 0.1) is 18.3 Å². The molecule has 0 heterocycles. The first-order valence-electron chi connectivity index (χ1n) is 13.2. The molecule has 208 valence electrons. The Kier molecular flexibility index (Phi) is 10.0. The van der Waals surface area contributed by atoms with E-state index in [0.29, 0.717) is 47.5 Å². The largest absolute Gasteiger partial charge is 0.493 e. The second kappa shape index (κ2) is 14.2. The third-order valence-corrected chi connectivity index (χ3v) is 6.11. The second-order valence-corrected chi connectivity index (χ2v) is 9.18. The van der Waals surface area contributed by atoms with E-state index in [1.807, 2.05) is 80.6 Å². The summed E-state index contributed by atoms with van der Waals surface area (Å²) in [4.78, 5) is 12.7. The zero-order valence-electron chi connectivity index (χ0n) is 23.3. The number of methoxy groups -OCH3 is 1. The number of anilines is 1. The number of hydrogen-bond acceptors (Lipinski definition) is 6. The van der Waals surface area contributed by atoms with Gasteiger partial charge in [-0.3, -0.25) is 4.79 Å². The van der Waals surface area contributed by atoms with Crippen molar-refractivity contribution in [2.45, 2.75) is 27.1 Å². The molecule has 0 unspecified atom stereocenters. The summed E-state index contributed by atoms with van der Waals surface area (Å²) in [5.41, 5.74) is 4.26. The van der Waals surface area contributed by atoms with Gasteiger partial charge in [0.25, 0.3) is 5.91 Å². The van der Waals surface area contributed by atoms with Gasteiger partial charge in [0.05, 0.1) is 13.7 Å². The van der Waals surface area contributed by atoms with Gasteiger partial charge in [-0.2, -0.15) is 5.26 Å². The van der Waals surface area contributed by atoms with Crippen LogP contribution in [0.2, 0.25) is 0 Å².